The van der Waals surface area contributed by atoms with E-state index in [1.54, 1.807) is 12.4 Å². The normalized spacial score (nSPS) is 18.9. The molecule has 0 radical (unpaired) electrons. The summed E-state index contributed by atoms with van der Waals surface area (Å²) in [5, 5.41) is 11.8. The summed E-state index contributed by atoms with van der Waals surface area (Å²) in [6.45, 7) is 3.87. The van der Waals surface area contributed by atoms with Crippen LogP contribution in [-0.4, -0.2) is 39.3 Å². The standard InChI is InChI=1S/C14H18N6/c1-11-5-6-13(19-18-11)20-9-2-4-12(10-20)17-14-15-7-3-8-16-14/h3,5-8,12H,2,4,9-10H2,1H3,(H,15,16,17). The molecule has 2 aromatic rings. The van der Waals surface area contributed by atoms with E-state index in [-0.39, 0.29) is 0 Å². The van der Waals surface area contributed by atoms with Gasteiger partial charge in [0.15, 0.2) is 5.82 Å². The van der Waals surface area contributed by atoms with E-state index in [4.69, 9.17) is 0 Å². The first-order valence-electron chi connectivity index (χ1n) is 6.90. The minimum absolute atomic E-state index is 0.342. The zero-order chi connectivity index (χ0) is 13.8. The molecule has 0 aliphatic carbocycles. The van der Waals surface area contributed by atoms with Gasteiger partial charge in [0, 0.05) is 31.5 Å². The van der Waals surface area contributed by atoms with E-state index >= 15 is 0 Å². The van der Waals surface area contributed by atoms with Gasteiger partial charge in [-0.05, 0) is 38.0 Å². The third-order valence-electron chi connectivity index (χ3n) is 3.43. The highest BCUT2D eigenvalue weighted by Gasteiger charge is 2.21. The van der Waals surface area contributed by atoms with E-state index in [1.165, 1.54) is 0 Å². The molecule has 1 fully saturated rings. The van der Waals surface area contributed by atoms with Crippen molar-refractivity contribution in [1.29, 1.82) is 0 Å². The number of aromatic nitrogens is 4. The first kappa shape index (κ1) is 12.8. The molecule has 0 amide bonds. The molecule has 0 spiro atoms. The molecule has 20 heavy (non-hydrogen) atoms. The van der Waals surface area contributed by atoms with Gasteiger partial charge in [-0.2, -0.15) is 5.10 Å². The number of hydrogen-bond donors (Lipinski definition) is 1. The molecule has 1 atom stereocenters. The zero-order valence-electron chi connectivity index (χ0n) is 11.5. The van der Waals surface area contributed by atoms with Crippen LogP contribution >= 0.6 is 0 Å². The molecule has 0 aromatic carbocycles. The van der Waals surface area contributed by atoms with Crippen molar-refractivity contribution in [2.75, 3.05) is 23.3 Å². The van der Waals surface area contributed by atoms with Crippen LogP contribution in [0.4, 0.5) is 11.8 Å². The summed E-state index contributed by atoms with van der Waals surface area (Å²) >= 11 is 0. The minimum atomic E-state index is 0.342. The summed E-state index contributed by atoms with van der Waals surface area (Å²) in [5.74, 6) is 1.63. The molecule has 1 N–H and O–H groups in total. The predicted molar refractivity (Wildman–Crippen MR) is 77.7 cm³/mol. The molecule has 3 rings (SSSR count). The lowest BCUT2D eigenvalue weighted by Gasteiger charge is -2.33. The Morgan fingerprint density at radius 3 is 2.80 bits per heavy atom. The zero-order valence-corrected chi connectivity index (χ0v) is 11.5. The summed E-state index contributed by atoms with van der Waals surface area (Å²) in [6, 6.07) is 6.19. The van der Waals surface area contributed by atoms with Gasteiger partial charge < -0.3 is 10.2 Å². The molecule has 6 nitrogen and oxygen atoms in total. The van der Waals surface area contributed by atoms with E-state index in [0.717, 1.165) is 37.4 Å². The predicted octanol–water partition coefficient (Wildman–Crippen LogP) is 1.66. The van der Waals surface area contributed by atoms with E-state index in [2.05, 4.69) is 30.4 Å². The molecule has 6 heteroatoms. The van der Waals surface area contributed by atoms with Crippen LogP contribution < -0.4 is 10.2 Å². The quantitative estimate of drug-likeness (QED) is 0.915. The van der Waals surface area contributed by atoms with Crippen LogP contribution in [0.3, 0.4) is 0 Å². The summed E-state index contributed by atoms with van der Waals surface area (Å²) < 4.78 is 0. The molecule has 1 aliphatic rings. The fourth-order valence-electron chi connectivity index (χ4n) is 2.42. The van der Waals surface area contributed by atoms with Crippen LogP contribution in [0, 0.1) is 6.92 Å². The largest absolute Gasteiger partial charge is 0.353 e. The van der Waals surface area contributed by atoms with Crippen molar-refractivity contribution in [3.8, 4) is 0 Å². The van der Waals surface area contributed by atoms with Crippen molar-refractivity contribution in [3.63, 3.8) is 0 Å². The van der Waals surface area contributed by atoms with Gasteiger partial charge in [0.25, 0.3) is 0 Å². The Morgan fingerprint density at radius 1 is 1.20 bits per heavy atom. The van der Waals surface area contributed by atoms with Crippen LogP contribution in [0.15, 0.2) is 30.6 Å². The first-order valence-corrected chi connectivity index (χ1v) is 6.90. The summed E-state index contributed by atoms with van der Waals surface area (Å²) in [7, 11) is 0. The van der Waals surface area contributed by atoms with Crippen LogP contribution in [-0.2, 0) is 0 Å². The number of hydrogen-bond acceptors (Lipinski definition) is 6. The lowest BCUT2D eigenvalue weighted by Crippen LogP contribution is -2.42. The Balaban J connectivity index is 1.66. The Morgan fingerprint density at radius 2 is 2.05 bits per heavy atom. The van der Waals surface area contributed by atoms with Crippen LogP contribution in [0.1, 0.15) is 18.5 Å². The molecule has 3 heterocycles. The van der Waals surface area contributed by atoms with Gasteiger partial charge in [0.05, 0.1) is 5.69 Å². The fraction of sp³-hybridized carbons (Fsp3) is 0.429. The highest BCUT2D eigenvalue weighted by atomic mass is 15.3. The van der Waals surface area contributed by atoms with Gasteiger partial charge in [0.1, 0.15) is 0 Å². The van der Waals surface area contributed by atoms with Gasteiger partial charge in [-0.25, -0.2) is 9.97 Å². The summed E-state index contributed by atoms with van der Waals surface area (Å²) in [6.07, 6.45) is 5.75. The molecule has 1 aliphatic heterocycles. The maximum atomic E-state index is 4.26. The first-order chi connectivity index (χ1) is 9.81. The van der Waals surface area contributed by atoms with Crippen LogP contribution in [0.25, 0.3) is 0 Å². The smallest absolute Gasteiger partial charge is 0.222 e. The van der Waals surface area contributed by atoms with Crippen molar-refractivity contribution in [3.05, 3.63) is 36.3 Å². The second-order valence-corrected chi connectivity index (χ2v) is 5.03. The third-order valence-corrected chi connectivity index (χ3v) is 3.43. The van der Waals surface area contributed by atoms with Crippen molar-refractivity contribution in [1.82, 2.24) is 20.2 Å². The van der Waals surface area contributed by atoms with Gasteiger partial charge in [-0.1, -0.05) is 0 Å². The Kier molecular flexibility index (Phi) is 3.71. The van der Waals surface area contributed by atoms with Gasteiger partial charge in [-0.3, -0.25) is 0 Å². The van der Waals surface area contributed by atoms with E-state index in [1.807, 2.05) is 25.1 Å². The molecule has 1 saturated heterocycles. The molecular weight excluding hydrogens is 252 g/mol. The Hall–Kier alpha value is -2.24. The minimum Gasteiger partial charge on any atom is -0.353 e. The number of aryl methyl sites for hydroxylation is 1. The second-order valence-electron chi connectivity index (χ2n) is 5.03. The van der Waals surface area contributed by atoms with Gasteiger partial charge in [0.2, 0.25) is 5.95 Å². The van der Waals surface area contributed by atoms with Crippen molar-refractivity contribution in [2.45, 2.75) is 25.8 Å². The monoisotopic (exact) mass is 270 g/mol. The lowest BCUT2D eigenvalue weighted by atomic mass is 10.1. The molecular formula is C14H18N6. The van der Waals surface area contributed by atoms with Crippen molar-refractivity contribution < 1.29 is 0 Å². The summed E-state index contributed by atoms with van der Waals surface area (Å²) in [4.78, 5) is 10.7. The molecule has 104 valence electrons. The Bertz CT molecular complexity index is 541. The average molecular weight is 270 g/mol. The third kappa shape index (κ3) is 3.01. The number of piperidine rings is 1. The summed E-state index contributed by atoms with van der Waals surface area (Å²) in [5.41, 5.74) is 0.943. The Labute approximate surface area is 118 Å². The molecule has 2 aromatic heterocycles. The fourth-order valence-corrected chi connectivity index (χ4v) is 2.42. The topological polar surface area (TPSA) is 66.8 Å². The average Bonchev–Trinajstić information content (AvgIpc) is 2.49. The van der Waals surface area contributed by atoms with Crippen molar-refractivity contribution in [2.24, 2.45) is 0 Å². The number of nitrogens with zero attached hydrogens (tertiary/aromatic N) is 5. The molecule has 1 unspecified atom stereocenters. The van der Waals surface area contributed by atoms with Crippen molar-refractivity contribution >= 4 is 11.8 Å². The van der Waals surface area contributed by atoms with E-state index in [9.17, 15) is 0 Å². The number of rotatable bonds is 3. The molecule has 0 bridgehead atoms. The van der Waals surface area contributed by atoms with Gasteiger partial charge >= 0.3 is 0 Å². The highest BCUT2D eigenvalue weighted by molar-refractivity contribution is 5.39. The van der Waals surface area contributed by atoms with Crippen LogP contribution in [0.2, 0.25) is 0 Å². The molecule has 0 saturated carbocycles. The van der Waals surface area contributed by atoms with Gasteiger partial charge in [-0.15, -0.1) is 5.10 Å². The lowest BCUT2D eigenvalue weighted by molar-refractivity contribution is 0.522. The number of nitrogens with one attached hydrogen (secondary N) is 1. The highest BCUT2D eigenvalue weighted by Crippen LogP contribution is 2.18. The maximum absolute atomic E-state index is 4.26. The SMILES string of the molecule is Cc1ccc(N2CCCC(Nc3ncccn3)C2)nn1. The number of anilines is 2. The van der Waals surface area contributed by atoms with E-state index in [0.29, 0.717) is 12.0 Å². The second kappa shape index (κ2) is 5.81. The van der Waals surface area contributed by atoms with Crippen LogP contribution in [0.5, 0.6) is 0 Å². The van der Waals surface area contributed by atoms with E-state index < -0.39 is 0 Å². The maximum Gasteiger partial charge on any atom is 0.222 e.